The number of hydrogen-bond donors (Lipinski definition) is 1. The van der Waals surface area contributed by atoms with E-state index in [-0.39, 0.29) is 22.9 Å². The molecule has 0 fully saturated rings. The minimum atomic E-state index is -2.93. The smallest absolute Gasteiger partial charge is 0.387 e. The Labute approximate surface area is 108 Å². The molecule has 0 aliphatic carbocycles. The monoisotopic (exact) mass is 270 g/mol. The van der Waals surface area contributed by atoms with Crippen LogP contribution in [0.2, 0.25) is 0 Å². The van der Waals surface area contributed by atoms with E-state index in [4.69, 9.17) is 0 Å². The number of carbonyl (C=O) groups is 1. The summed E-state index contributed by atoms with van der Waals surface area (Å²) in [6, 6.07) is 5.52. The number of nitrogens with zero attached hydrogens (tertiary/aromatic N) is 2. The van der Waals surface area contributed by atoms with Crippen molar-refractivity contribution in [2.45, 2.75) is 20.5 Å². The molecule has 0 heterocycles. The van der Waals surface area contributed by atoms with Crippen LogP contribution in [-0.2, 0) is 4.79 Å². The molecule has 0 amide bonds. The molecule has 1 rings (SSSR count). The highest BCUT2D eigenvalue weighted by molar-refractivity contribution is 5.93. The van der Waals surface area contributed by atoms with Gasteiger partial charge in [0.25, 0.3) is 0 Å². The molecule has 19 heavy (non-hydrogen) atoms. The predicted molar refractivity (Wildman–Crippen MR) is 63.6 cm³/mol. The molecule has 0 saturated heterocycles. The number of Topliss-reactive ketones (excluding diaryl/α,β-unsaturated/α-hetero) is 1. The third kappa shape index (κ3) is 4.82. The van der Waals surface area contributed by atoms with Crippen molar-refractivity contribution in [2.75, 3.05) is 0 Å². The van der Waals surface area contributed by atoms with E-state index in [0.717, 1.165) is 0 Å². The molecule has 0 saturated carbocycles. The maximum Gasteiger partial charge on any atom is 0.387 e. The molecule has 1 aromatic rings. The minimum Gasteiger partial charge on any atom is -0.510 e. The third-order valence-corrected chi connectivity index (χ3v) is 1.98. The van der Waals surface area contributed by atoms with Crippen molar-refractivity contribution in [2.24, 2.45) is 10.2 Å². The molecule has 1 aromatic carbocycles. The number of benzene rings is 1. The molecule has 0 radical (unpaired) electrons. The Morgan fingerprint density at radius 1 is 1.37 bits per heavy atom. The number of carbonyl (C=O) groups excluding carboxylic acids is 1. The molecule has 1 N–H and O–H groups in total. The second kappa shape index (κ2) is 6.58. The van der Waals surface area contributed by atoms with Crippen molar-refractivity contribution in [1.82, 2.24) is 0 Å². The number of aliphatic hydroxyl groups is 1. The van der Waals surface area contributed by atoms with Crippen LogP contribution in [0.5, 0.6) is 5.75 Å². The number of halogens is 2. The Kier molecular flexibility index (Phi) is 5.11. The molecule has 0 aromatic heterocycles. The summed E-state index contributed by atoms with van der Waals surface area (Å²) in [5, 5.41) is 16.5. The van der Waals surface area contributed by atoms with Crippen LogP contribution in [0.3, 0.4) is 0 Å². The Morgan fingerprint density at radius 3 is 2.58 bits per heavy atom. The minimum absolute atomic E-state index is 0.0690. The van der Waals surface area contributed by atoms with Gasteiger partial charge in [-0.3, -0.25) is 4.79 Å². The average Bonchev–Trinajstić information content (AvgIpc) is 2.27. The van der Waals surface area contributed by atoms with Crippen molar-refractivity contribution in [3.63, 3.8) is 0 Å². The van der Waals surface area contributed by atoms with Gasteiger partial charge in [0.15, 0.2) is 11.5 Å². The number of allylic oxidation sites excluding steroid dienone is 2. The summed E-state index contributed by atoms with van der Waals surface area (Å²) in [6.45, 7) is -0.407. The van der Waals surface area contributed by atoms with Gasteiger partial charge in [0.05, 0.1) is 5.69 Å². The fraction of sp³-hybridized carbons (Fsp3) is 0.250. The van der Waals surface area contributed by atoms with Crippen molar-refractivity contribution in [3.05, 3.63) is 35.7 Å². The van der Waals surface area contributed by atoms with Crippen LogP contribution < -0.4 is 4.74 Å². The second-order valence-electron chi connectivity index (χ2n) is 3.57. The highest BCUT2D eigenvalue weighted by Gasteiger charge is 2.07. The normalized spacial score (nSPS) is 12.7. The molecule has 0 aliphatic rings. The van der Waals surface area contributed by atoms with E-state index < -0.39 is 12.4 Å². The molecule has 0 bridgehead atoms. The van der Waals surface area contributed by atoms with Gasteiger partial charge in [0, 0.05) is 13.0 Å². The van der Waals surface area contributed by atoms with E-state index >= 15 is 0 Å². The third-order valence-electron chi connectivity index (χ3n) is 1.98. The Hall–Kier alpha value is -2.31. The largest absolute Gasteiger partial charge is 0.510 e. The first kappa shape index (κ1) is 14.7. The summed E-state index contributed by atoms with van der Waals surface area (Å²) in [4.78, 5) is 11.1. The number of alkyl halides is 2. The number of aliphatic hydroxyl groups excluding tert-OH is 1. The number of azo groups is 1. The summed E-state index contributed by atoms with van der Waals surface area (Å²) >= 11 is 0. The summed E-state index contributed by atoms with van der Waals surface area (Å²) < 4.78 is 28.2. The van der Waals surface area contributed by atoms with Crippen LogP contribution in [0.15, 0.2) is 46.0 Å². The van der Waals surface area contributed by atoms with Gasteiger partial charge in [-0.2, -0.15) is 13.9 Å². The van der Waals surface area contributed by atoms with Gasteiger partial charge >= 0.3 is 6.61 Å². The fourth-order valence-electron chi connectivity index (χ4n) is 1.23. The lowest BCUT2D eigenvalue weighted by Crippen LogP contribution is -2.01. The number of hydrogen-bond acceptors (Lipinski definition) is 5. The van der Waals surface area contributed by atoms with Crippen molar-refractivity contribution < 1.29 is 23.4 Å². The average molecular weight is 270 g/mol. The van der Waals surface area contributed by atoms with Crippen LogP contribution in [0.25, 0.3) is 0 Å². The van der Waals surface area contributed by atoms with Crippen molar-refractivity contribution in [1.29, 1.82) is 0 Å². The molecular formula is C12H12F2N2O3. The fourth-order valence-corrected chi connectivity index (χ4v) is 1.23. The zero-order chi connectivity index (χ0) is 14.4. The molecule has 102 valence electrons. The van der Waals surface area contributed by atoms with E-state index in [1.165, 1.54) is 38.1 Å². The lowest BCUT2D eigenvalue weighted by Gasteiger charge is -2.03. The van der Waals surface area contributed by atoms with Crippen molar-refractivity contribution in [3.8, 4) is 5.75 Å². The molecule has 7 heteroatoms. The van der Waals surface area contributed by atoms with Gasteiger partial charge in [-0.15, -0.1) is 5.11 Å². The van der Waals surface area contributed by atoms with Gasteiger partial charge in [-0.05, 0) is 19.1 Å². The van der Waals surface area contributed by atoms with E-state index in [1.807, 2.05) is 0 Å². The van der Waals surface area contributed by atoms with E-state index in [2.05, 4.69) is 15.0 Å². The Bertz CT molecular complexity index is 523. The Balaban J connectivity index is 2.93. The Morgan fingerprint density at radius 2 is 2.05 bits per heavy atom. The topological polar surface area (TPSA) is 71.2 Å². The van der Waals surface area contributed by atoms with Crippen LogP contribution in [-0.4, -0.2) is 17.5 Å². The summed E-state index contributed by atoms with van der Waals surface area (Å²) in [5.41, 5.74) is 0.0262. The molecule has 0 spiro atoms. The predicted octanol–water partition coefficient (Wildman–Crippen LogP) is 3.75. The van der Waals surface area contributed by atoms with Gasteiger partial charge in [0.1, 0.15) is 11.5 Å². The lowest BCUT2D eigenvalue weighted by molar-refractivity contribution is -0.113. The van der Waals surface area contributed by atoms with Gasteiger partial charge in [-0.25, -0.2) is 0 Å². The zero-order valence-corrected chi connectivity index (χ0v) is 10.3. The van der Waals surface area contributed by atoms with Crippen LogP contribution >= 0.6 is 0 Å². The zero-order valence-electron chi connectivity index (χ0n) is 10.3. The van der Waals surface area contributed by atoms with E-state index in [0.29, 0.717) is 0 Å². The number of ether oxygens (including phenoxy) is 1. The van der Waals surface area contributed by atoms with Gasteiger partial charge < -0.3 is 9.84 Å². The highest BCUT2D eigenvalue weighted by atomic mass is 19.3. The quantitative estimate of drug-likeness (QED) is 0.503. The number of ketones is 1. The van der Waals surface area contributed by atoms with Crippen LogP contribution in [0.4, 0.5) is 14.5 Å². The molecule has 0 atom stereocenters. The van der Waals surface area contributed by atoms with Gasteiger partial charge in [0.2, 0.25) is 0 Å². The summed E-state index contributed by atoms with van der Waals surface area (Å²) in [6.07, 6.45) is 0. The second-order valence-corrected chi connectivity index (χ2v) is 3.57. The van der Waals surface area contributed by atoms with Gasteiger partial charge in [-0.1, -0.05) is 6.07 Å². The lowest BCUT2D eigenvalue weighted by atomic mass is 10.3. The first-order chi connectivity index (χ1) is 8.90. The molecule has 0 aliphatic heterocycles. The molecular weight excluding hydrogens is 258 g/mol. The maximum atomic E-state index is 12.0. The SMILES string of the molecule is CC(=O)C(N=Nc1cccc(OC(F)F)c1)=C(C)O. The maximum absolute atomic E-state index is 12.0. The molecule has 5 nitrogen and oxygen atoms in total. The summed E-state index contributed by atoms with van der Waals surface area (Å²) in [5.74, 6) is -0.791. The number of rotatable bonds is 5. The first-order valence-corrected chi connectivity index (χ1v) is 5.27. The van der Waals surface area contributed by atoms with Crippen LogP contribution in [0.1, 0.15) is 13.8 Å². The standard InChI is InChI=1S/C12H12F2N2O3/c1-7(17)11(8(2)18)16-15-9-4-3-5-10(6-9)19-12(13)14/h3-6,12,17H,1-2H3. The van der Waals surface area contributed by atoms with Crippen LogP contribution in [0, 0.1) is 0 Å². The summed E-state index contributed by atoms with van der Waals surface area (Å²) in [7, 11) is 0. The first-order valence-electron chi connectivity index (χ1n) is 5.27. The van der Waals surface area contributed by atoms with Crippen molar-refractivity contribution >= 4 is 11.5 Å². The van der Waals surface area contributed by atoms with E-state index in [1.54, 1.807) is 0 Å². The van der Waals surface area contributed by atoms with E-state index in [9.17, 15) is 18.7 Å². The highest BCUT2D eigenvalue weighted by Crippen LogP contribution is 2.22. The molecule has 0 unspecified atom stereocenters.